The van der Waals surface area contributed by atoms with Crippen molar-refractivity contribution >= 4 is 16.0 Å². The molecule has 0 N–H and O–H groups in total. The number of carbonyl (C=O) groups is 1. The number of rotatable bonds is 5. The summed E-state index contributed by atoms with van der Waals surface area (Å²) in [5.41, 5.74) is 2.07. The third-order valence-corrected chi connectivity index (χ3v) is 7.59. The van der Waals surface area contributed by atoms with Crippen LogP contribution in [0.15, 0.2) is 59.5 Å². The zero-order valence-electron chi connectivity index (χ0n) is 16.5. The molecule has 0 radical (unpaired) electrons. The summed E-state index contributed by atoms with van der Waals surface area (Å²) in [5.74, 6) is -0.279. The fourth-order valence-corrected chi connectivity index (χ4v) is 5.69. The van der Waals surface area contributed by atoms with E-state index in [4.69, 9.17) is 4.74 Å². The van der Waals surface area contributed by atoms with Crippen LogP contribution >= 0.6 is 0 Å². The summed E-state index contributed by atoms with van der Waals surface area (Å²) in [6.45, 7) is 4.20. The van der Waals surface area contributed by atoms with Gasteiger partial charge in [0.15, 0.2) is 0 Å². The van der Waals surface area contributed by atoms with Crippen molar-refractivity contribution < 1.29 is 17.9 Å². The largest absolute Gasteiger partial charge is 0.469 e. The van der Waals surface area contributed by atoms with E-state index in [-0.39, 0.29) is 23.8 Å². The van der Waals surface area contributed by atoms with Crippen LogP contribution in [0, 0.1) is 12.8 Å². The van der Waals surface area contributed by atoms with Crippen molar-refractivity contribution in [3.8, 4) is 0 Å². The van der Waals surface area contributed by atoms with Crippen molar-refractivity contribution in [3.63, 3.8) is 0 Å². The molecule has 28 heavy (non-hydrogen) atoms. The lowest BCUT2D eigenvalue weighted by atomic mass is 9.77. The number of nitrogens with zero attached hydrogens (tertiary/aromatic N) is 1. The van der Waals surface area contributed by atoms with Gasteiger partial charge in [-0.3, -0.25) is 4.79 Å². The molecule has 1 heterocycles. The predicted octanol–water partition coefficient (Wildman–Crippen LogP) is 3.74. The summed E-state index contributed by atoms with van der Waals surface area (Å²) in [7, 11) is -2.22. The van der Waals surface area contributed by atoms with E-state index in [0.717, 1.165) is 11.1 Å². The Morgan fingerprint density at radius 3 is 2.36 bits per heavy atom. The van der Waals surface area contributed by atoms with Gasteiger partial charge < -0.3 is 4.74 Å². The van der Waals surface area contributed by atoms with Gasteiger partial charge in [-0.1, -0.05) is 48.0 Å². The second-order valence-corrected chi connectivity index (χ2v) is 9.42. The molecule has 2 aromatic carbocycles. The number of aryl methyl sites for hydroxylation is 1. The third kappa shape index (κ3) is 4.28. The molecule has 1 saturated heterocycles. The molecule has 3 rings (SSSR count). The molecule has 6 heteroatoms. The lowest BCUT2D eigenvalue weighted by Crippen LogP contribution is -2.48. The Labute approximate surface area is 167 Å². The van der Waals surface area contributed by atoms with E-state index < -0.39 is 10.0 Å². The lowest BCUT2D eigenvalue weighted by molar-refractivity contribution is -0.142. The van der Waals surface area contributed by atoms with Gasteiger partial charge in [0.25, 0.3) is 0 Å². The number of piperidine rings is 1. The van der Waals surface area contributed by atoms with Crippen LogP contribution in [0.5, 0.6) is 0 Å². The number of hydrogen-bond acceptors (Lipinski definition) is 4. The molecular weight excluding hydrogens is 374 g/mol. The Kier molecular flexibility index (Phi) is 6.20. The van der Waals surface area contributed by atoms with Crippen molar-refractivity contribution in [1.29, 1.82) is 0 Å². The minimum absolute atomic E-state index is 0.0364. The van der Waals surface area contributed by atoms with Gasteiger partial charge in [-0.25, -0.2) is 8.42 Å². The lowest BCUT2D eigenvalue weighted by Gasteiger charge is -2.42. The number of ether oxygens (including phenoxy) is 1. The fourth-order valence-electron chi connectivity index (χ4n) is 4.02. The highest BCUT2D eigenvalue weighted by molar-refractivity contribution is 7.89. The molecule has 0 bridgehead atoms. The maximum absolute atomic E-state index is 13.3. The van der Waals surface area contributed by atoms with Crippen molar-refractivity contribution in [3.05, 3.63) is 65.7 Å². The second-order valence-electron chi connectivity index (χ2n) is 7.53. The van der Waals surface area contributed by atoms with E-state index in [2.05, 4.69) is 0 Å². The molecule has 0 aliphatic carbocycles. The molecule has 1 fully saturated rings. The summed E-state index contributed by atoms with van der Waals surface area (Å²) < 4.78 is 33.1. The van der Waals surface area contributed by atoms with E-state index in [1.807, 2.05) is 56.3 Å². The summed E-state index contributed by atoms with van der Waals surface area (Å²) in [5, 5.41) is 0. The SMILES string of the molecule is COC(=O)C[C@H]1C[C@H](C)N(S(=O)(=O)c2ccc(C)cc2)C[C@@H]1c1ccccc1. The molecular formula is C22H27NO4S. The van der Waals surface area contributed by atoms with Crippen LogP contribution in [0.2, 0.25) is 0 Å². The second kappa shape index (κ2) is 8.45. The summed E-state index contributed by atoms with van der Waals surface area (Å²) in [4.78, 5) is 12.2. The van der Waals surface area contributed by atoms with Gasteiger partial charge in [-0.2, -0.15) is 4.31 Å². The minimum atomic E-state index is -3.61. The van der Waals surface area contributed by atoms with Gasteiger partial charge in [0.1, 0.15) is 0 Å². The maximum Gasteiger partial charge on any atom is 0.305 e. The quantitative estimate of drug-likeness (QED) is 0.716. The first kappa shape index (κ1) is 20.6. The molecule has 0 aromatic heterocycles. The van der Waals surface area contributed by atoms with Crippen LogP contribution < -0.4 is 0 Å². The monoisotopic (exact) mass is 401 g/mol. The Hall–Kier alpha value is -2.18. The predicted molar refractivity (Wildman–Crippen MR) is 108 cm³/mol. The summed E-state index contributed by atoms with van der Waals surface area (Å²) in [6, 6.07) is 16.6. The standard InChI is InChI=1S/C22H27NO4S/c1-16-9-11-20(12-10-16)28(25,26)23-15-21(18-7-5-4-6-8-18)19(13-17(23)2)14-22(24)27-3/h4-12,17,19,21H,13-15H2,1-3H3/t17-,19+,21+/m0/s1. The zero-order chi connectivity index (χ0) is 20.3. The zero-order valence-corrected chi connectivity index (χ0v) is 17.4. The molecule has 1 aliphatic heterocycles. The first-order valence-corrected chi connectivity index (χ1v) is 11.0. The van der Waals surface area contributed by atoms with Crippen molar-refractivity contribution in [2.75, 3.05) is 13.7 Å². The molecule has 1 aliphatic rings. The van der Waals surface area contributed by atoms with Crippen molar-refractivity contribution in [2.45, 2.75) is 43.5 Å². The maximum atomic E-state index is 13.3. The van der Waals surface area contributed by atoms with Crippen LogP contribution in [0.4, 0.5) is 0 Å². The van der Waals surface area contributed by atoms with Gasteiger partial charge in [-0.05, 0) is 43.9 Å². The van der Waals surface area contributed by atoms with Crippen molar-refractivity contribution in [2.24, 2.45) is 5.92 Å². The Morgan fingerprint density at radius 2 is 1.75 bits per heavy atom. The Balaban J connectivity index is 1.94. The smallest absolute Gasteiger partial charge is 0.305 e. The summed E-state index contributed by atoms with van der Waals surface area (Å²) in [6.07, 6.45) is 0.901. The van der Waals surface area contributed by atoms with E-state index in [0.29, 0.717) is 24.3 Å². The Morgan fingerprint density at radius 1 is 1.11 bits per heavy atom. The molecule has 5 nitrogen and oxygen atoms in total. The van der Waals surface area contributed by atoms with E-state index >= 15 is 0 Å². The molecule has 0 amide bonds. The number of hydrogen-bond donors (Lipinski definition) is 0. The van der Waals surface area contributed by atoms with Gasteiger partial charge >= 0.3 is 5.97 Å². The van der Waals surface area contributed by atoms with Crippen LogP contribution in [-0.4, -0.2) is 38.4 Å². The number of benzene rings is 2. The number of esters is 1. The first-order chi connectivity index (χ1) is 13.3. The molecule has 2 aromatic rings. The summed E-state index contributed by atoms with van der Waals surface area (Å²) >= 11 is 0. The normalized spacial score (nSPS) is 23.3. The molecule has 150 valence electrons. The molecule has 0 saturated carbocycles. The van der Waals surface area contributed by atoms with Gasteiger partial charge in [0, 0.05) is 24.9 Å². The van der Waals surface area contributed by atoms with Gasteiger partial charge in [0.2, 0.25) is 10.0 Å². The minimum Gasteiger partial charge on any atom is -0.469 e. The van der Waals surface area contributed by atoms with Crippen molar-refractivity contribution in [1.82, 2.24) is 4.31 Å². The van der Waals surface area contributed by atoms with Crippen LogP contribution in [0.25, 0.3) is 0 Å². The average Bonchev–Trinajstić information content (AvgIpc) is 2.68. The highest BCUT2D eigenvalue weighted by Gasteiger charge is 2.41. The fraction of sp³-hybridized carbons (Fsp3) is 0.409. The third-order valence-electron chi connectivity index (χ3n) is 5.59. The highest BCUT2D eigenvalue weighted by atomic mass is 32.2. The van der Waals surface area contributed by atoms with E-state index in [9.17, 15) is 13.2 Å². The highest BCUT2D eigenvalue weighted by Crippen LogP contribution is 2.39. The van der Waals surface area contributed by atoms with Crippen LogP contribution in [-0.2, 0) is 19.6 Å². The van der Waals surface area contributed by atoms with Crippen LogP contribution in [0.3, 0.4) is 0 Å². The Bertz CT molecular complexity index is 909. The number of sulfonamides is 1. The van der Waals surface area contributed by atoms with Gasteiger partial charge in [0.05, 0.1) is 12.0 Å². The number of carbonyl (C=O) groups excluding carboxylic acids is 1. The topological polar surface area (TPSA) is 63.7 Å². The first-order valence-electron chi connectivity index (χ1n) is 9.53. The van der Waals surface area contributed by atoms with Gasteiger partial charge in [-0.15, -0.1) is 0 Å². The van der Waals surface area contributed by atoms with E-state index in [1.54, 1.807) is 16.4 Å². The average molecular weight is 402 g/mol. The molecule has 3 atom stereocenters. The van der Waals surface area contributed by atoms with E-state index in [1.165, 1.54) is 7.11 Å². The number of methoxy groups -OCH3 is 1. The molecule has 0 spiro atoms. The molecule has 0 unspecified atom stereocenters. The van der Waals surface area contributed by atoms with Crippen LogP contribution in [0.1, 0.15) is 36.8 Å².